The molecule has 0 radical (unpaired) electrons. The second-order valence-electron chi connectivity index (χ2n) is 2.22. The van der Waals surface area contributed by atoms with Crippen LogP contribution in [-0.2, 0) is 0 Å². The molecule has 1 rings (SSSR count). The fourth-order valence-corrected chi connectivity index (χ4v) is 0.850. The molecule has 0 heterocycles. The SMILES string of the molecule is Cc1cc(ON)cc(ON)c1. The van der Waals surface area contributed by atoms with Gasteiger partial charge in [0.2, 0.25) is 0 Å². The van der Waals surface area contributed by atoms with Crippen molar-refractivity contribution in [2.45, 2.75) is 6.92 Å². The van der Waals surface area contributed by atoms with E-state index in [2.05, 4.69) is 9.68 Å². The maximum absolute atomic E-state index is 4.95. The van der Waals surface area contributed by atoms with Gasteiger partial charge in [0.1, 0.15) is 0 Å². The third kappa shape index (κ3) is 1.83. The van der Waals surface area contributed by atoms with Crippen molar-refractivity contribution in [3.8, 4) is 11.5 Å². The topological polar surface area (TPSA) is 70.5 Å². The van der Waals surface area contributed by atoms with E-state index in [1.165, 1.54) is 0 Å². The van der Waals surface area contributed by atoms with Crippen LogP contribution >= 0.6 is 0 Å². The van der Waals surface area contributed by atoms with E-state index in [4.69, 9.17) is 11.8 Å². The highest BCUT2D eigenvalue weighted by atomic mass is 16.6. The second-order valence-corrected chi connectivity index (χ2v) is 2.22. The Hall–Kier alpha value is -1.26. The zero-order chi connectivity index (χ0) is 8.27. The summed E-state index contributed by atoms with van der Waals surface area (Å²) in [6, 6.07) is 5.16. The van der Waals surface area contributed by atoms with E-state index >= 15 is 0 Å². The number of aryl methyl sites for hydroxylation is 1. The quantitative estimate of drug-likeness (QED) is 0.608. The Labute approximate surface area is 64.6 Å². The van der Waals surface area contributed by atoms with Crippen molar-refractivity contribution >= 4 is 0 Å². The third-order valence-corrected chi connectivity index (χ3v) is 1.30. The Balaban J connectivity index is 3.02. The molecule has 0 saturated heterocycles. The molecule has 1 aromatic rings. The molecule has 11 heavy (non-hydrogen) atoms. The monoisotopic (exact) mass is 154 g/mol. The smallest absolute Gasteiger partial charge is 0.150 e. The first kappa shape index (κ1) is 7.84. The molecule has 4 N–H and O–H groups in total. The van der Waals surface area contributed by atoms with Gasteiger partial charge in [-0.25, -0.2) is 0 Å². The van der Waals surface area contributed by atoms with E-state index in [9.17, 15) is 0 Å². The number of hydrogen-bond donors (Lipinski definition) is 2. The van der Waals surface area contributed by atoms with Crippen molar-refractivity contribution in [3.63, 3.8) is 0 Å². The molecule has 4 nitrogen and oxygen atoms in total. The number of nitrogens with two attached hydrogens (primary N) is 2. The Morgan fingerprint density at radius 1 is 1.00 bits per heavy atom. The van der Waals surface area contributed by atoms with Crippen LogP contribution in [0.4, 0.5) is 0 Å². The van der Waals surface area contributed by atoms with Gasteiger partial charge in [0, 0.05) is 6.07 Å². The van der Waals surface area contributed by atoms with Crippen LogP contribution in [0, 0.1) is 6.92 Å². The van der Waals surface area contributed by atoms with Crippen LogP contribution < -0.4 is 21.5 Å². The fraction of sp³-hybridized carbons (Fsp3) is 0.143. The van der Waals surface area contributed by atoms with E-state index in [1.54, 1.807) is 18.2 Å². The summed E-state index contributed by atoms with van der Waals surface area (Å²) >= 11 is 0. The van der Waals surface area contributed by atoms with Crippen molar-refractivity contribution < 1.29 is 9.68 Å². The predicted molar refractivity (Wildman–Crippen MR) is 40.8 cm³/mol. The summed E-state index contributed by atoms with van der Waals surface area (Å²) in [5, 5.41) is 0. The van der Waals surface area contributed by atoms with Crippen LogP contribution in [0.3, 0.4) is 0 Å². The van der Waals surface area contributed by atoms with E-state index in [1.807, 2.05) is 6.92 Å². The zero-order valence-electron chi connectivity index (χ0n) is 6.20. The molecule has 0 fully saturated rings. The van der Waals surface area contributed by atoms with Crippen LogP contribution in [0.2, 0.25) is 0 Å². The van der Waals surface area contributed by atoms with Crippen molar-refractivity contribution in [1.29, 1.82) is 0 Å². The highest BCUT2D eigenvalue weighted by Crippen LogP contribution is 2.20. The average Bonchev–Trinajstić information content (AvgIpc) is 2.03. The van der Waals surface area contributed by atoms with Crippen LogP contribution in [0.25, 0.3) is 0 Å². The first-order valence-corrected chi connectivity index (χ1v) is 3.11. The Bertz CT molecular complexity index is 228. The lowest BCUT2D eigenvalue weighted by molar-refractivity contribution is 0.316. The first-order valence-electron chi connectivity index (χ1n) is 3.11. The van der Waals surface area contributed by atoms with E-state index in [0.29, 0.717) is 11.5 Å². The number of rotatable bonds is 2. The van der Waals surface area contributed by atoms with Crippen molar-refractivity contribution in [3.05, 3.63) is 23.8 Å². The van der Waals surface area contributed by atoms with Gasteiger partial charge in [-0.2, -0.15) is 11.8 Å². The van der Waals surface area contributed by atoms with Gasteiger partial charge in [-0.3, -0.25) is 0 Å². The van der Waals surface area contributed by atoms with Gasteiger partial charge >= 0.3 is 0 Å². The summed E-state index contributed by atoms with van der Waals surface area (Å²) in [6.07, 6.45) is 0. The lowest BCUT2D eigenvalue weighted by Crippen LogP contribution is -2.05. The highest BCUT2D eigenvalue weighted by molar-refractivity contribution is 5.37. The van der Waals surface area contributed by atoms with Crippen LogP contribution in [0.5, 0.6) is 11.5 Å². The number of hydrogen-bond acceptors (Lipinski definition) is 4. The van der Waals surface area contributed by atoms with Crippen LogP contribution in [-0.4, -0.2) is 0 Å². The van der Waals surface area contributed by atoms with Crippen molar-refractivity contribution in [2.24, 2.45) is 11.8 Å². The molecule has 60 valence electrons. The minimum absolute atomic E-state index is 0.533. The lowest BCUT2D eigenvalue weighted by Gasteiger charge is -2.03. The van der Waals surface area contributed by atoms with Gasteiger partial charge in [0.25, 0.3) is 0 Å². The summed E-state index contributed by atoms with van der Waals surface area (Å²) in [7, 11) is 0. The van der Waals surface area contributed by atoms with Gasteiger partial charge in [0.15, 0.2) is 11.5 Å². The fourth-order valence-electron chi connectivity index (χ4n) is 0.850. The van der Waals surface area contributed by atoms with E-state index in [-0.39, 0.29) is 0 Å². The zero-order valence-corrected chi connectivity index (χ0v) is 6.20. The first-order chi connectivity index (χ1) is 5.26. The van der Waals surface area contributed by atoms with Gasteiger partial charge in [0.05, 0.1) is 0 Å². The molecule has 1 aromatic carbocycles. The molecule has 0 unspecified atom stereocenters. The summed E-state index contributed by atoms with van der Waals surface area (Å²) in [5.41, 5.74) is 0.980. The minimum atomic E-state index is 0.533. The molecule has 0 spiro atoms. The molecule has 0 saturated carbocycles. The molecule has 0 atom stereocenters. The molecule has 0 aliphatic carbocycles. The van der Waals surface area contributed by atoms with Crippen molar-refractivity contribution in [1.82, 2.24) is 0 Å². The summed E-state index contributed by atoms with van der Waals surface area (Å²) < 4.78 is 0. The molecule has 0 amide bonds. The molecule has 0 bridgehead atoms. The minimum Gasteiger partial charge on any atom is -0.411 e. The van der Waals surface area contributed by atoms with Crippen molar-refractivity contribution in [2.75, 3.05) is 0 Å². The highest BCUT2D eigenvalue weighted by Gasteiger charge is 1.97. The molecule has 0 aromatic heterocycles. The second kappa shape index (κ2) is 3.23. The molecular formula is C7H10N2O2. The molecule has 0 aliphatic rings. The Morgan fingerprint density at radius 3 is 1.82 bits per heavy atom. The van der Waals surface area contributed by atoms with Gasteiger partial charge in [-0.05, 0) is 24.6 Å². The number of benzene rings is 1. The van der Waals surface area contributed by atoms with Gasteiger partial charge in [-0.1, -0.05) is 0 Å². The van der Waals surface area contributed by atoms with Crippen LogP contribution in [0.15, 0.2) is 18.2 Å². The summed E-state index contributed by atoms with van der Waals surface area (Å²) in [4.78, 5) is 9.00. The van der Waals surface area contributed by atoms with Gasteiger partial charge < -0.3 is 9.68 Å². The normalized spacial score (nSPS) is 9.36. The summed E-state index contributed by atoms with van der Waals surface area (Å²) in [6.45, 7) is 1.89. The van der Waals surface area contributed by atoms with E-state index in [0.717, 1.165) is 5.56 Å². The predicted octanol–water partition coefficient (Wildman–Crippen LogP) is 0.500. The molecular weight excluding hydrogens is 144 g/mol. The largest absolute Gasteiger partial charge is 0.411 e. The third-order valence-electron chi connectivity index (χ3n) is 1.30. The maximum Gasteiger partial charge on any atom is 0.150 e. The Kier molecular flexibility index (Phi) is 2.30. The molecule has 0 aliphatic heterocycles. The average molecular weight is 154 g/mol. The standard InChI is InChI=1S/C7H10N2O2/c1-5-2-6(10-8)4-7(3-5)11-9/h2-4H,8-9H2,1H3. The summed E-state index contributed by atoms with van der Waals surface area (Å²) in [5.74, 6) is 11.0. The molecule has 4 heteroatoms. The lowest BCUT2D eigenvalue weighted by atomic mass is 10.2. The van der Waals surface area contributed by atoms with E-state index < -0.39 is 0 Å². The van der Waals surface area contributed by atoms with Crippen LogP contribution in [0.1, 0.15) is 5.56 Å². The Morgan fingerprint density at radius 2 is 1.45 bits per heavy atom. The maximum atomic E-state index is 4.95. The van der Waals surface area contributed by atoms with Gasteiger partial charge in [-0.15, -0.1) is 0 Å².